The Labute approximate surface area is 137 Å². The van der Waals surface area contributed by atoms with Gasteiger partial charge < -0.3 is 11.1 Å². The van der Waals surface area contributed by atoms with Gasteiger partial charge in [-0.3, -0.25) is 9.78 Å². The van der Waals surface area contributed by atoms with Gasteiger partial charge in [-0.25, -0.2) is 8.78 Å². The molecule has 0 aliphatic carbocycles. The Morgan fingerprint density at radius 1 is 1.25 bits per heavy atom. The molecule has 3 aromatic rings. The number of aromatic nitrogens is 1. The monoisotopic (exact) mass is 327 g/mol. The van der Waals surface area contributed by atoms with Gasteiger partial charge in [0.1, 0.15) is 11.6 Å². The number of carbonyl (C=O) groups excluding carboxylic acids is 1. The summed E-state index contributed by atoms with van der Waals surface area (Å²) >= 11 is 0. The van der Waals surface area contributed by atoms with Crippen LogP contribution in [-0.4, -0.2) is 10.9 Å². The molecule has 3 N–H and O–H groups in total. The van der Waals surface area contributed by atoms with Crippen LogP contribution in [0.4, 0.5) is 14.5 Å². The Balaban J connectivity index is 1.96. The van der Waals surface area contributed by atoms with Crippen LogP contribution in [0, 0.1) is 18.6 Å². The molecule has 0 atom stereocenters. The van der Waals surface area contributed by atoms with E-state index in [0.717, 1.165) is 6.07 Å². The summed E-state index contributed by atoms with van der Waals surface area (Å²) in [6, 6.07) is 8.87. The van der Waals surface area contributed by atoms with Gasteiger partial charge in [-0.2, -0.15) is 0 Å². The zero-order chi connectivity index (χ0) is 17.3. The molecule has 0 fully saturated rings. The number of benzene rings is 2. The van der Waals surface area contributed by atoms with Crippen molar-refractivity contribution in [3.8, 4) is 0 Å². The molecule has 0 saturated heterocycles. The van der Waals surface area contributed by atoms with Gasteiger partial charge in [0.25, 0.3) is 0 Å². The lowest BCUT2D eigenvalue weighted by molar-refractivity contribution is 0.1000. The Kier molecular flexibility index (Phi) is 4.12. The number of pyridine rings is 1. The topological polar surface area (TPSA) is 68.0 Å². The summed E-state index contributed by atoms with van der Waals surface area (Å²) in [4.78, 5) is 15.5. The standard InChI is InChI=1S/C18H15F2N3O/c1-10-15(20)7-12(18(21)24)8-16(10)23-9-13-6-14(19)5-11-3-2-4-22-17(11)13/h2-8,23H,9H2,1H3,(H2,21,24). The number of nitrogens with one attached hydrogen (secondary N) is 1. The lowest BCUT2D eigenvalue weighted by atomic mass is 10.1. The predicted octanol–water partition coefficient (Wildman–Crippen LogP) is 3.53. The summed E-state index contributed by atoms with van der Waals surface area (Å²) in [7, 11) is 0. The number of halogens is 2. The van der Waals surface area contributed by atoms with Crippen molar-refractivity contribution in [1.82, 2.24) is 4.98 Å². The van der Waals surface area contributed by atoms with E-state index in [-0.39, 0.29) is 17.9 Å². The number of hydrogen-bond donors (Lipinski definition) is 2. The lowest BCUT2D eigenvalue weighted by Crippen LogP contribution is -2.13. The minimum absolute atomic E-state index is 0.0721. The molecule has 0 aliphatic rings. The first-order valence-corrected chi connectivity index (χ1v) is 7.32. The highest BCUT2D eigenvalue weighted by Crippen LogP contribution is 2.23. The highest BCUT2D eigenvalue weighted by Gasteiger charge is 2.11. The van der Waals surface area contributed by atoms with Gasteiger partial charge >= 0.3 is 0 Å². The molecule has 6 heteroatoms. The average molecular weight is 327 g/mol. The van der Waals surface area contributed by atoms with Crippen LogP contribution >= 0.6 is 0 Å². The first-order valence-electron chi connectivity index (χ1n) is 7.32. The second-order valence-corrected chi connectivity index (χ2v) is 5.49. The predicted molar refractivity (Wildman–Crippen MR) is 88.7 cm³/mol. The number of nitrogens with zero attached hydrogens (tertiary/aromatic N) is 1. The molecule has 24 heavy (non-hydrogen) atoms. The van der Waals surface area contributed by atoms with E-state index >= 15 is 0 Å². The molecule has 2 aromatic carbocycles. The van der Waals surface area contributed by atoms with E-state index in [1.807, 2.05) is 0 Å². The third-order valence-corrected chi connectivity index (χ3v) is 3.85. The van der Waals surface area contributed by atoms with Crippen molar-refractivity contribution in [3.63, 3.8) is 0 Å². The van der Waals surface area contributed by atoms with Crippen LogP contribution in [0.3, 0.4) is 0 Å². The first kappa shape index (κ1) is 15.9. The molecule has 1 heterocycles. The summed E-state index contributed by atoms with van der Waals surface area (Å²) in [6.45, 7) is 1.82. The molecule has 0 aliphatic heterocycles. The van der Waals surface area contributed by atoms with Gasteiger partial charge in [-0.1, -0.05) is 6.07 Å². The summed E-state index contributed by atoms with van der Waals surface area (Å²) in [5, 5.41) is 3.71. The zero-order valence-corrected chi connectivity index (χ0v) is 12.9. The van der Waals surface area contributed by atoms with E-state index in [9.17, 15) is 13.6 Å². The van der Waals surface area contributed by atoms with E-state index in [0.29, 0.717) is 27.7 Å². The van der Waals surface area contributed by atoms with Crippen molar-refractivity contribution in [2.45, 2.75) is 13.5 Å². The zero-order valence-electron chi connectivity index (χ0n) is 12.9. The molecule has 3 rings (SSSR count). The minimum Gasteiger partial charge on any atom is -0.381 e. The molecular formula is C18H15F2N3O. The highest BCUT2D eigenvalue weighted by atomic mass is 19.1. The third-order valence-electron chi connectivity index (χ3n) is 3.85. The minimum atomic E-state index is -0.713. The van der Waals surface area contributed by atoms with E-state index in [2.05, 4.69) is 10.3 Å². The van der Waals surface area contributed by atoms with Crippen LogP contribution in [-0.2, 0) is 6.54 Å². The first-order chi connectivity index (χ1) is 11.5. The summed E-state index contributed by atoms with van der Waals surface area (Å²) in [5.41, 5.74) is 7.36. The van der Waals surface area contributed by atoms with Crippen molar-refractivity contribution >= 4 is 22.5 Å². The van der Waals surface area contributed by atoms with Crippen molar-refractivity contribution in [2.75, 3.05) is 5.32 Å². The number of primary amides is 1. The van der Waals surface area contributed by atoms with E-state index in [4.69, 9.17) is 5.73 Å². The van der Waals surface area contributed by atoms with Crippen LogP contribution in [0.2, 0.25) is 0 Å². The number of nitrogens with two attached hydrogens (primary N) is 1. The van der Waals surface area contributed by atoms with Gasteiger partial charge in [-0.15, -0.1) is 0 Å². The fraction of sp³-hybridized carbons (Fsp3) is 0.111. The number of anilines is 1. The number of rotatable bonds is 4. The van der Waals surface area contributed by atoms with Gasteiger partial charge in [0.05, 0.1) is 5.52 Å². The number of carbonyl (C=O) groups is 1. The van der Waals surface area contributed by atoms with Gasteiger partial charge in [-0.05, 0) is 37.3 Å². The third kappa shape index (κ3) is 3.03. The molecule has 0 spiro atoms. The normalized spacial score (nSPS) is 10.8. The molecule has 122 valence electrons. The fourth-order valence-corrected chi connectivity index (χ4v) is 2.56. The Morgan fingerprint density at radius 2 is 2.04 bits per heavy atom. The second-order valence-electron chi connectivity index (χ2n) is 5.49. The van der Waals surface area contributed by atoms with Crippen LogP contribution in [0.5, 0.6) is 0 Å². The molecular weight excluding hydrogens is 312 g/mol. The molecule has 0 bridgehead atoms. The molecule has 1 aromatic heterocycles. The maximum atomic E-state index is 13.9. The van der Waals surface area contributed by atoms with Crippen molar-refractivity contribution in [2.24, 2.45) is 5.73 Å². The van der Waals surface area contributed by atoms with Gasteiger partial charge in [0.2, 0.25) is 5.91 Å². The molecule has 1 amide bonds. The Morgan fingerprint density at radius 3 is 2.79 bits per heavy atom. The summed E-state index contributed by atoms with van der Waals surface area (Å²) in [5.74, 6) is -1.62. The number of hydrogen-bond acceptors (Lipinski definition) is 3. The highest BCUT2D eigenvalue weighted by molar-refractivity contribution is 5.94. The quantitative estimate of drug-likeness (QED) is 0.770. The smallest absolute Gasteiger partial charge is 0.248 e. The van der Waals surface area contributed by atoms with Crippen LogP contribution in [0.1, 0.15) is 21.5 Å². The molecule has 0 saturated carbocycles. The Bertz CT molecular complexity index is 941. The van der Waals surface area contributed by atoms with Crippen LogP contribution in [0.15, 0.2) is 42.6 Å². The van der Waals surface area contributed by atoms with Crippen molar-refractivity contribution < 1.29 is 13.6 Å². The Hall–Kier alpha value is -3.02. The summed E-state index contributed by atoms with van der Waals surface area (Å²) < 4.78 is 27.7. The molecule has 0 unspecified atom stereocenters. The van der Waals surface area contributed by atoms with Crippen molar-refractivity contribution in [1.29, 1.82) is 0 Å². The number of fused-ring (bicyclic) bond motifs is 1. The summed E-state index contributed by atoms with van der Waals surface area (Å²) in [6.07, 6.45) is 1.63. The van der Waals surface area contributed by atoms with E-state index < -0.39 is 11.7 Å². The van der Waals surface area contributed by atoms with Gasteiger partial charge in [0.15, 0.2) is 0 Å². The molecule has 4 nitrogen and oxygen atoms in total. The maximum absolute atomic E-state index is 13.9. The molecule has 0 radical (unpaired) electrons. The maximum Gasteiger partial charge on any atom is 0.248 e. The van der Waals surface area contributed by atoms with Crippen LogP contribution < -0.4 is 11.1 Å². The van der Waals surface area contributed by atoms with E-state index in [1.165, 1.54) is 18.2 Å². The largest absolute Gasteiger partial charge is 0.381 e. The van der Waals surface area contributed by atoms with Gasteiger partial charge in [0, 0.05) is 40.5 Å². The van der Waals surface area contributed by atoms with Crippen LogP contribution in [0.25, 0.3) is 10.9 Å². The lowest BCUT2D eigenvalue weighted by Gasteiger charge is -2.13. The van der Waals surface area contributed by atoms with Crippen molar-refractivity contribution in [3.05, 3.63) is 70.9 Å². The number of amides is 1. The average Bonchev–Trinajstić information content (AvgIpc) is 2.55. The van der Waals surface area contributed by atoms with E-state index in [1.54, 1.807) is 25.3 Å². The second kappa shape index (κ2) is 6.23. The SMILES string of the molecule is Cc1c(F)cc(C(N)=O)cc1NCc1cc(F)cc2cccnc12. The fourth-order valence-electron chi connectivity index (χ4n) is 2.56.